The molecule has 1 aromatic carbocycles. The fourth-order valence-electron chi connectivity index (χ4n) is 4.17. The lowest BCUT2D eigenvalue weighted by Crippen LogP contribution is -2.36. The molecule has 28 heavy (non-hydrogen) atoms. The zero-order chi connectivity index (χ0) is 19.3. The fraction of sp³-hybridized carbons (Fsp3) is 0.522. The second-order valence-corrected chi connectivity index (χ2v) is 7.94. The molecule has 1 saturated heterocycles. The lowest BCUT2D eigenvalue weighted by molar-refractivity contribution is 0.0371. The second-order valence-electron chi connectivity index (χ2n) is 7.94. The number of nitrogens with zero attached hydrogens (tertiary/aromatic N) is 1. The van der Waals surface area contributed by atoms with Crippen LogP contribution in [-0.4, -0.2) is 42.9 Å². The van der Waals surface area contributed by atoms with Gasteiger partial charge in [0.05, 0.1) is 18.8 Å². The number of hydrogen-bond donors (Lipinski definition) is 1. The van der Waals surface area contributed by atoms with Crippen LogP contribution in [0.5, 0.6) is 5.75 Å². The van der Waals surface area contributed by atoms with Crippen molar-refractivity contribution in [2.75, 3.05) is 32.8 Å². The Balaban J connectivity index is 1.42. The Bertz CT molecular complexity index is 822. The molecule has 0 bridgehead atoms. The van der Waals surface area contributed by atoms with Crippen LogP contribution in [0.1, 0.15) is 48.5 Å². The van der Waals surface area contributed by atoms with Crippen molar-refractivity contribution in [1.29, 1.82) is 0 Å². The van der Waals surface area contributed by atoms with Gasteiger partial charge >= 0.3 is 5.63 Å². The minimum atomic E-state index is -0.385. The van der Waals surface area contributed by atoms with E-state index >= 15 is 0 Å². The Morgan fingerprint density at radius 1 is 1.11 bits per heavy atom. The minimum Gasteiger partial charge on any atom is -0.507 e. The molecule has 1 aliphatic carbocycles. The molecule has 2 heterocycles. The van der Waals surface area contributed by atoms with E-state index in [4.69, 9.17) is 9.15 Å². The van der Waals surface area contributed by atoms with Crippen molar-refractivity contribution in [3.8, 4) is 5.75 Å². The quantitative estimate of drug-likeness (QED) is 0.707. The van der Waals surface area contributed by atoms with E-state index in [9.17, 15) is 9.90 Å². The van der Waals surface area contributed by atoms with E-state index in [1.54, 1.807) is 6.07 Å². The molecule has 0 amide bonds. The first-order valence-electron chi connectivity index (χ1n) is 10.4. The molecule has 4 rings (SSSR count). The summed E-state index contributed by atoms with van der Waals surface area (Å²) in [6.45, 7) is 4.65. The normalized spacial score (nSPS) is 18.9. The van der Waals surface area contributed by atoms with Gasteiger partial charge in [0, 0.05) is 31.5 Å². The molecule has 0 spiro atoms. The number of rotatable bonds is 8. The molecule has 1 N–H and O–H groups in total. The van der Waals surface area contributed by atoms with Gasteiger partial charge in [-0.1, -0.05) is 30.3 Å². The van der Waals surface area contributed by atoms with Crippen LogP contribution in [0.25, 0.3) is 0 Å². The van der Waals surface area contributed by atoms with Crippen molar-refractivity contribution in [3.63, 3.8) is 0 Å². The van der Waals surface area contributed by atoms with Crippen LogP contribution < -0.4 is 5.63 Å². The predicted octanol–water partition coefficient (Wildman–Crippen LogP) is 3.54. The second kappa shape index (κ2) is 8.93. The van der Waals surface area contributed by atoms with Gasteiger partial charge in [-0.3, -0.25) is 4.90 Å². The molecule has 150 valence electrons. The highest BCUT2D eigenvalue weighted by atomic mass is 16.5. The van der Waals surface area contributed by atoms with Crippen LogP contribution in [0.3, 0.4) is 0 Å². The highest BCUT2D eigenvalue weighted by Gasteiger charge is 2.37. The van der Waals surface area contributed by atoms with E-state index in [0.29, 0.717) is 23.7 Å². The van der Waals surface area contributed by atoms with Crippen molar-refractivity contribution in [2.24, 2.45) is 5.92 Å². The summed E-state index contributed by atoms with van der Waals surface area (Å²) in [5, 5.41) is 10.7. The van der Waals surface area contributed by atoms with Crippen LogP contribution in [-0.2, 0) is 11.2 Å². The third kappa shape index (κ3) is 4.65. The minimum absolute atomic E-state index is 0.0761. The summed E-state index contributed by atoms with van der Waals surface area (Å²) >= 11 is 0. The summed E-state index contributed by atoms with van der Waals surface area (Å²) < 4.78 is 11.0. The summed E-state index contributed by atoms with van der Waals surface area (Å²) in [6.07, 6.45) is 4.82. The zero-order valence-corrected chi connectivity index (χ0v) is 16.3. The molecular weight excluding hydrogens is 354 g/mol. The largest absolute Gasteiger partial charge is 0.507 e. The molecule has 2 aromatic rings. The van der Waals surface area contributed by atoms with Gasteiger partial charge in [0.25, 0.3) is 0 Å². The molecule has 1 saturated carbocycles. The van der Waals surface area contributed by atoms with Gasteiger partial charge < -0.3 is 14.3 Å². The van der Waals surface area contributed by atoms with Crippen LogP contribution in [0, 0.1) is 5.92 Å². The zero-order valence-electron chi connectivity index (χ0n) is 16.3. The molecular formula is C23H29NO4. The van der Waals surface area contributed by atoms with Gasteiger partial charge in [-0.15, -0.1) is 0 Å². The molecule has 5 heteroatoms. The SMILES string of the molecule is O=c1oc(CCCCN2CCOCC2)cc(O)c1C(c1ccccc1)C1CC1. The summed E-state index contributed by atoms with van der Waals surface area (Å²) in [6, 6.07) is 11.6. The molecule has 5 nitrogen and oxygen atoms in total. The fourth-order valence-corrected chi connectivity index (χ4v) is 4.17. The van der Waals surface area contributed by atoms with Crippen LogP contribution in [0.15, 0.2) is 45.6 Å². The maximum Gasteiger partial charge on any atom is 0.343 e. The monoisotopic (exact) mass is 383 g/mol. The Hall–Kier alpha value is -2.11. The predicted molar refractivity (Wildman–Crippen MR) is 108 cm³/mol. The molecule has 1 aliphatic heterocycles. The van der Waals surface area contributed by atoms with Gasteiger partial charge in [0.1, 0.15) is 11.5 Å². The number of unbranched alkanes of at least 4 members (excludes halogenated alkanes) is 1. The van der Waals surface area contributed by atoms with Gasteiger partial charge in [0.2, 0.25) is 0 Å². The first kappa shape index (κ1) is 19.2. The maximum absolute atomic E-state index is 12.7. The average Bonchev–Trinajstić information content (AvgIpc) is 3.54. The molecule has 2 aliphatic rings. The number of hydrogen-bond acceptors (Lipinski definition) is 5. The number of aromatic hydroxyl groups is 1. The van der Waals surface area contributed by atoms with Crippen molar-refractivity contribution in [2.45, 2.75) is 38.0 Å². The number of morpholine rings is 1. The van der Waals surface area contributed by atoms with Gasteiger partial charge in [-0.25, -0.2) is 4.79 Å². The van der Waals surface area contributed by atoms with E-state index in [2.05, 4.69) is 4.90 Å². The topological polar surface area (TPSA) is 62.9 Å². The molecule has 1 aromatic heterocycles. The molecule has 1 unspecified atom stereocenters. The van der Waals surface area contributed by atoms with E-state index in [-0.39, 0.29) is 17.3 Å². The summed E-state index contributed by atoms with van der Waals surface area (Å²) in [5.74, 6) is 0.999. The number of ether oxygens (including phenoxy) is 1. The van der Waals surface area contributed by atoms with Gasteiger partial charge in [-0.2, -0.15) is 0 Å². The Morgan fingerprint density at radius 3 is 2.54 bits per heavy atom. The van der Waals surface area contributed by atoms with Gasteiger partial charge in [0.15, 0.2) is 0 Å². The highest BCUT2D eigenvalue weighted by Crippen LogP contribution is 2.47. The standard InChI is InChI=1S/C23H29NO4/c25-20-16-19(8-4-5-11-24-12-14-27-15-13-24)28-23(26)22(20)21(18-9-10-18)17-6-2-1-3-7-17/h1-3,6-7,16,18,21,25H,4-5,8-15H2. The average molecular weight is 383 g/mol. The lowest BCUT2D eigenvalue weighted by Gasteiger charge is -2.26. The molecule has 0 radical (unpaired) electrons. The van der Waals surface area contributed by atoms with Crippen molar-refractivity contribution >= 4 is 0 Å². The third-order valence-corrected chi connectivity index (χ3v) is 5.83. The smallest absolute Gasteiger partial charge is 0.343 e. The number of benzene rings is 1. The number of aryl methyl sites for hydroxylation is 1. The molecule has 2 fully saturated rings. The summed E-state index contributed by atoms with van der Waals surface area (Å²) in [7, 11) is 0. The molecule has 1 atom stereocenters. The van der Waals surface area contributed by atoms with Crippen LogP contribution in [0.2, 0.25) is 0 Å². The Morgan fingerprint density at radius 2 is 1.86 bits per heavy atom. The van der Waals surface area contributed by atoms with E-state index < -0.39 is 0 Å². The van der Waals surface area contributed by atoms with Gasteiger partial charge in [-0.05, 0) is 43.7 Å². The Kier molecular flexibility index (Phi) is 6.13. The van der Waals surface area contributed by atoms with Crippen molar-refractivity contribution in [3.05, 3.63) is 63.7 Å². The van der Waals surface area contributed by atoms with E-state index in [1.807, 2.05) is 30.3 Å². The van der Waals surface area contributed by atoms with Crippen LogP contribution in [0.4, 0.5) is 0 Å². The summed E-state index contributed by atoms with van der Waals surface area (Å²) in [4.78, 5) is 15.1. The third-order valence-electron chi connectivity index (χ3n) is 5.83. The van der Waals surface area contributed by atoms with Crippen molar-refractivity contribution in [1.82, 2.24) is 4.90 Å². The van der Waals surface area contributed by atoms with E-state index in [0.717, 1.165) is 64.1 Å². The van der Waals surface area contributed by atoms with Crippen LogP contribution >= 0.6 is 0 Å². The maximum atomic E-state index is 12.7. The highest BCUT2D eigenvalue weighted by molar-refractivity contribution is 5.41. The first-order chi connectivity index (χ1) is 13.7. The first-order valence-corrected chi connectivity index (χ1v) is 10.4. The lowest BCUT2D eigenvalue weighted by atomic mass is 9.87. The Labute approximate surface area is 165 Å². The van der Waals surface area contributed by atoms with E-state index in [1.165, 1.54) is 0 Å². The summed E-state index contributed by atoms with van der Waals surface area (Å²) in [5.41, 5.74) is 1.11. The van der Waals surface area contributed by atoms with Crippen molar-refractivity contribution < 1.29 is 14.3 Å².